The van der Waals surface area contributed by atoms with Crippen LogP contribution in [-0.4, -0.2) is 39.0 Å². The smallest absolute Gasteiger partial charge is 0.316 e. The lowest BCUT2D eigenvalue weighted by molar-refractivity contribution is -0.146. The van der Waals surface area contributed by atoms with Crippen molar-refractivity contribution in [2.45, 2.75) is 31.6 Å². The van der Waals surface area contributed by atoms with E-state index in [4.69, 9.17) is 9.15 Å². The molecule has 0 aliphatic rings. The molecule has 1 N–H and O–H groups in total. The Kier molecular flexibility index (Phi) is 7.07. The molecule has 1 aromatic carbocycles. The quantitative estimate of drug-likeness (QED) is 0.424. The van der Waals surface area contributed by atoms with Gasteiger partial charge in [-0.3, -0.25) is 14.2 Å². The molecule has 0 saturated heterocycles. The molecule has 152 valence electrons. The van der Waals surface area contributed by atoms with Gasteiger partial charge in [-0.05, 0) is 31.5 Å². The molecule has 2 heterocycles. The van der Waals surface area contributed by atoms with Crippen LogP contribution in [0.1, 0.15) is 25.5 Å². The Morgan fingerprint density at radius 1 is 1.21 bits per heavy atom. The summed E-state index contributed by atoms with van der Waals surface area (Å²) in [5.74, 6) is 0.387. The number of ether oxygens (including phenoxy) is 1. The molecule has 3 aromatic rings. The first kappa shape index (κ1) is 20.7. The highest BCUT2D eigenvalue weighted by molar-refractivity contribution is 7.99. The maximum absolute atomic E-state index is 12.0. The number of amides is 1. The van der Waals surface area contributed by atoms with Crippen LogP contribution in [0.25, 0.3) is 11.6 Å². The van der Waals surface area contributed by atoms with Crippen LogP contribution in [-0.2, 0) is 20.9 Å². The van der Waals surface area contributed by atoms with Gasteiger partial charge < -0.3 is 14.5 Å². The largest absolute Gasteiger partial charge is 0.461 e. The topological polar surface area (TPSA) is 99.2 Å². The number of rotatable bonds is 9. The van der Waals surface area contributed by atoms with Crippen molar-refractivity contribution in [1.29, 1.82) is 0 Å². The Morgan fingerprint density at radius 2 is 2.00 bits per heavy atom. The van der Waals surface area contributed by atoms with E-state index in [0.29, 0.717) is 23.3 Å². The third-order valence-electron chi connectivity index (χ3n) is 4.14. The van der Waals surface area contributed by atoms with Crippen molar-refractivity contribution in [3.05, 3.63) is 54.3 Å². The van der Waals surface area contributed by atoms with Crippen molar-refractivity contribution in [2.75, 3.05) is 12.4 Å². The third kappa shape index (κ3) is 5.47. The average molecular weight is 414 g/mol. The zero-order valence-corrected chi connectivity index (χ0v) is 17.0. The molecular weight excluding hydrogens is 392 g/mol. The molecule has 3 rings (SSSR count). The van der Waals surface area contributed by atoms with Gasteiger partial charge in [-0.2, -0.15) is 0 Å². The van der Waals surface area contributed by atoms with Gasteiger partial charge in [-0.1, -0.05) is 42.1 Å². The summed E-state index contributed by atoms with van der Waals surface area (Å²) in [5, 5.41) is 11.6. The van der Waals surface area contributed by atoms with Crippen molar-refractivity contribution in [3.63, 3.8) is 0 Å². The lowest BCUT2D eigenvalue weighted by atomic mass is 10.1. The summed E-state index contributed by atoms with van der Waals surface area (Å²) >= 11 is 1.20. The Labute approximate surface area is 172 Å². The fourth-order valence-corrected chi connectivity index (χ4v) is 3.49. The Morgan fingerprint density at radius 3 is 2.69 bits per heavy atom. The zero-order chi connectivity index (χ0) is 20.6. The first-order valence-electron chi connectivity index (χ1n) is 9.18. The standard InChI is InChI=1S/C20H22N4O4S/c1-3-24-19(16-10-7-11-27-16)22-23-20(24)29-13-18(26)28-12-17(25)21-14(2)15-8-5-4-6-9-15/h4-11,14H,3,12-13H2,1-2H3,(H,21,25)/t14-/m1/s1. The lowest BCUT2D eigenvalue weighted by Gasteiger charge is -2.14. The summed E-state index contributed by atoms with van der Waals surface area (Å²) in [6.45, 7) is 4.13. The number of carbonyl (C=O) groups excluding carboxylic acids is 2. The van der Waals surface area contributed by atoms with Crippen LogP contribution < -0.4 is 5.32 Å². The average Bonchev–Trinajstić information content (AvgIpc) is 3.40. The number of hydrogen-bond acceptors (Lipinski definition) is 7. The number of nitrogens with zero attached hydrogens (tertiary/aromatic N) is 3. The van der Waals surface area contributed by atoms with Crippen molar-refractivity contribution in [3.8, 4) is 11.6 Å². The number of furan rings is 1. The molecule has 1 amide bonds. The number of thioether (sulfide) groups is 1. The van der Waals surface area contributed by atoms with Gasteiger partial charge in [-0.15, -0.1) is 10.2 Å². The minimum absolute atomic E-state index is 0.0256. The monoisotopic (exact) mass is 414 g/mol. The fourth-order valence-electron chi connectivity index (χ4n) is 2.69. The van der Waals surface area contributed by atoms with E-state index in [1.807, 2.05) is 48.7 Å². The van der Waals surface area contributed by atoms with E-state index in [0.717, 1.165) is 5.56 Å². The van der Waals surface area contributed by atoms with Gasteiger partial charge in [0.2, 0.25) is 0 Å². The second kappa shape index (κ2) is 9.92. The summed E-state index contributed by atoms with van der Waals surface area (Å²) < 4.78 is 12.3. The second-order valence-corrected chi connectivity index (χ2v) is 7.12. The summed E-state index contributed by atoms with van der Waals surface area (Å²) in [6.07, 6.45) is 1.57. The van der Waals surface area contributed by atoms with Crippen molar-refractivity contribution >= 4 is 23.6 Å². The van der Waals surface area contributed by atoms with Gasteiger partial charge in [-0.25, -0.2) is 0 Å². The molecule has 1 atom stereocenters. The van der Waals surface area contributed by atoms with Crippen molar-refractivity contribution < 1.29 is 18.7 Å². The van der Waals surface area contributed by atoms with E-state index in [1.165, 1.54) is 11.8 Å². The van der Waals surface area contributed by atoms with Crippen LogP contribution in [0.2, 0.25) is 0 Å². The van der Waals surface area contributed by atoms with Gasteiger partial charge in [0.15, 0.2) is 23.3 Å². The highest BCUT2D eigenvalue weighted by Crippen LogP contribution is 2.24. The van der Waals surface area contributed by atoms with E-state index in [9.17, 15) is 9.59 Å². The summed E-state index contributed by atoms with van der Waals surface area (Å²) in [7, 11) is 0. The third-order valence-corrected chi connectivity index (χ3v) is 5.08. The second-order valence-electron chi connectivity index (χ2n) is 6.18. The first-order valence-corrected chi connectivity index (χ1v) is 10.2. The first-order chi connectivity index (χ1) is 14.1. The molecular formula is C20H22N4O4S. The number of benzene rings is 1. The van der Waals surface area contributed by atoms with E-state index >= 15 is 0 Å². The van der Waals surface area contributed by atoms with Crippen molar-refractivity contribution in [2.24, 2.45) is 0 Å². The highest BCUT2D eigenvalue weighted by atomic mass is 32.2. The van der Waals surface area contributed by atoms with Crippen LogP contribution in [0, 0.1) is 0 Å². The summed E-state index contributed by atoms with van der Waals surface area (Å²) in [5.41, 5.74) is 0.981. The maximum Gasteiger partial charge on any atom is 0.316 e. The van der Waals surface area contributed by atoms with Gasteiger partial charge in [0.05, 0.1) is 18.1 Å². The molecule has 29 heavy (non-hydrogen) atoms. The normalized spacial score (nSPS) is 11.8. The van der Waals surface area contributed by atoms with Crippen molar-refractivity contribution in [1.82, 2.24) is 20.1 Å². The number of esters is 1. The fraction of sp³-hybridized carbons (Fsp3) is 0.300. The molecule has 0 unspecified atom stereocenters. The molecule has 8 nitrogen and oxygen atoms in total. The molecule has 0 fully saturated rings. The minimum Gasteiger partial charge on any atom is -0.461 e. The Hall–Kier alpha value is -3.07. The van der Waals surface area contributed by atoms with E-state index in [2.05, 4.69) is 15.5 Å². The van der Waals surface area contributed by atoms with E-state index in [1.54, 1.807) is 18.4 Å². The number of aromatic nitrogens is 3. The van der Waals surface area contributed by atoms with Crippen LogP contribution in [0.15, 0.2) is 58.3 Å². The van der Waals surface area contributed by atoms with Crippen LogP contribution >= 0.6 is 11.8 Å². The van der Waals surface area contributed by atoms with Crippen LogP contribution in [0.4, 0.5) is 0 Å². The predicted molar refractivity (Wildman–Crippen MR) is 108 cm³/mol. The number of nitrogens with one attached hydrogen (secondary N) is 1. The molecule has 0 aliphatic heterocycles. The zero-order valence-electron chi connectivity index (χ0n) is 16.2. The predicted octanol–water partition coefficient (Wildman–Crippen LogP) is 3.07. The lowest BCUT2D eigenvalue weighted by Crippen LogP contribution is -2.31. The van der Waals surface area contributed by atoms with Gasteiger partial charge in [0.1, 0.15) is 0 Å². The Balaban J connectivity index is 1.46. The minimum atomic E-state index is -0.497. The van der Waals surface area contributed by atoms with Crippen LogP contribution in [0.3, 0.4) is 0 Å². The number of carbonyl (C=O) groups is 2. The molecule has 0 spiro atoms. The molecule has 0 bridgehead atoms. The Bertz CT molecular complexity index is 941. The molecule has 0 saturated carbocycles. The molecule has 0 aliphatic carbocycles. The van der Waals surface area contributed by atoms with Gasteiger partial charge in [0, 0.05) is 6.54 Å². The molecule has 2 aromatic heterocycles. The molecule has 0 radical (unpaired) electrons. The summed E-state index contributed by atoms with van der Waals surface area (Å²) in [6, 6.07) is 13.0. The SMILES string of the molecule is CCn1c(SCC(=O)OCC(=O)N[C@H](C)c2ccccc2)nnc1-c1ccco1. The molecule has 9 heteroatoms. The summed E-state index contributed by atoms with van der Waals surface area (Å²) in [4.78, 5) is 24.0. The maximum atomic E-state index is 12.0. The highest BCUT2D eigenvalue weighted by Gasteiger charge is 2.17. The van der Waals surface area contributed by atoms with E-state index in [-0.39, 0.29) is 24.3 Å². The van der Waals surface area contributed by atoms with Gasteiger partial charge in [0.25, 0.3) is 5.91 Å². The van der Waals surface area contributed by atoms with Crippen LogP contribution in [0.5, 0.6) is 0 Å². The number of hydrogen-bond donors (Lipinski definition) is 1. The van der Waals surface area contributed by atoms with E-state index < -0.39 is 5.97 Å². The van der Waals surface area contributed by atoms with Gasteiger partial charge >= 0.3 is 5.97 Å².